The molecule has 0 saturated heterocycles. The number of ether oxygens (including phenoxy) is 2. The average molecular weight is 349 g/mol. The number of amides is 2. The number of benzene rings is 2. The van der Waals surface area contributed by atoms with Gasteiger partial charge in [0.2, 0.25) is 0 Å². The van der Waals surface area contributed by atoms with Gasteiger partial charge in [-0.3, -0.25) is 10.1 Å². The number of hydrogen-bond donors (Lipinski definition) is 2. The Balaban J connectivity index is 1.99. The fraction of sp³-hybridized carbons (Fsp3) is 0.176. The minimum absolute atomic E-state index is 0.158. The van der Waals surface area contributed by atoms with Gasteiger partial charge in [-0.25, -0.2) is 4.79 Å². The lowest BCUT2D eigenvalue weighted by Crippen LogP contribution is -2.17. The Labute approximate surface area is 144 Å². The highest BCUT2D eigenvalue weighted by Crippen LogP contribution is 2.19. The van der Waals surface area contributed by atoms with E-state index in [1.54, 1.807) is 48.5 Å². The molecule has 2 aromatic carbocycles. The van der Waals surface area contributed by atoms with Gasteiger partial charge in [-0.1, -0.05) is 29.8 Å². The molecule has 0 aliphatic carbocycles. The zero-order valence-corrected chi connectivity index (χ0v) is 13.8. The molecule has 0 saturated carbocycles. The van der Waals surface area contributed by atoms with Crippen LogP contribution in [0.2, 0.25) is 5.02 Å². The van der Waals surface area contributed by atoms with Crippen LogP contribution in [0.3, 0.4) is 0 Å². The highest BCUT2D eigenvalue weighted by atomic mass is 35.5. The van der Waals surface area contributed by atoms with Gasteiger partial charge >= 0.3 is 6.09 Å². The van der Waals surface area contributed by atoms with E-state index in [-0.39, 0.29) is 12.5 Å². The minimum Gasteiger partial charge on any atom is -0.447 e. The fourth-order valence-corrected chi connectivity index (χ4v) is 2.11. The van der Waals surface area contributed by atoms with Gasteiger partial charge in [-0.2, -0.15) is 0 Å². The third kappa shape index (κ3) is 5.26. The number of rotatable bonds is 6. The number of hydrogen-bond acceptors (Lipinski definition) is 4. The number of halogens is 1. The van der Waals surface area contributed by atoms with Crippen LogP contribution >= 0.6 is 11.6 Å². The summed E-state index contributed by atoms with van der Waals surface area (Å²) in [6, 6.07) is 13.5. The van der Waals surface area contributed by atoms with Crippen LogP contribution in [-0.4, -0.2) is 32.3 Å². The Morgan fingerprint density at radius 1 is 1.00 bits per heavy atom. The molecular formula is C17H17ClN2O4. The molecule has 0 spiro atoms. The molecule has 0 aliphatic rings. The van der Waals surface area contributed by atoms with Crippen molar-refractivity contribution in [3.63, 3.8) is 0 Å². The van der Waals surface area contributed by atoms with Gasteiger partial charge in [0.25, 0.3) is 5.91 Å². The Hall–Kier alpha value is -2.57. The molecular weight excluding hydrogens is 332 g/mol. The fourth-order valence-electron chi connectivity index (χ4n) is 1.89. The summed E-state index contributed by atoms with van der Waals surface area (Å²) in [6.45, 7) is 0.479. The highest BCUT2D eigenvalue weighted by Gasteiger charge is 2.10. The molecule has 0 bridgehead atoms. The third-order valence-electron chi connectivity index (χ3n) is 3.01. The number of methoxy groups -OCH3 is 1. The molecule has 7 heteroatoms. The molecule has 0 unspecified atom stereocenters. The minimum atomic E-state index is -0.596. The SMILES string of the molecule is COCCOC(=O)Nc1cccc(NC(=O)c2ccccc2Cl)c1. The lowest BCUT2D eigenvalue weighted by atomic mass is 10.2. The molecule has 2 aromatic rings. The van der Waals surface area contributed by atoms with E-state index in [0.29, 0.717) is 28.6 Å². The van der Waals surface area contributed by atoms with Gasteiger partial charge in [-0.15, -0.1) is 0 Å². The first-order valence-electron chi connectivity index (χ1n) is 7.19. The van der Waals surface area contributed by atoms with E-state index in [1.165, 1.54) is 7.11 Å². The number of anilines is 2. The molecule has 24 heavy (non-hydrogen) atoms. The third-order valence-corrected chi connectivity index (χ3v) is 3.34. The van der Waals surface area contributed by atoms with Crippen molar-refractivity contribution in [3.05, 3.63) is 59.1 Å². The zero-order valence-electron chi connectivity index (χ0n) is 13.0. The first kappa shape index (κ1) is 17.8. The van der Waals surface area contributed by atoms with Gasteiger partial charge < -0.3 is 14.8 Å². The molecule has 0 heterocycles. The Morgan fingerprint density at radius 3 is 2.42 bits per heavy atom. The molecule has 126 valence electrons. The summed E-state index contributed by atoms with van der Waals surface area (Å²) in [5.74, 6) is -0.333. The molecule has 0 radical (unpaired) electrons. The predicted molar refractivity (Wildman–Crippen MR) is 92.7 cm³/mol. The Bertz CT molecular complexity index is 721. The number of carbonyl (C=O) groups is 2. The second-order valence-corrected chi connectivity index (χ2v) is 5.18. The summed E-state index contributed by atoms with van der Waals surface area (Å²) in [5, 5.41) is 5.67. The Morgan fingerprint density at radius 2 is 1.71 bits per heavy atom. The summed E-state index contributed by atoms with van der Waals surface area (Å²) in [4.78, 5) is 23.8. The van der Waals surface area contributed by atoms with Crippen LogP contribution in [0.1, 0.15) is 10.4 Å². The molecule has 6 nitrogen and oxygen atoms in total. The first-order valence-corrected chi connectivity index (χ1v) is 7.56. The van der Waals surface area contributed by atoms with Crippen LogP contribution < -0.4 is 10.6 Å². The molecule has 0 aliphatic heterocycles. The van der Waals surface area contributed by atoms with Crippen molar-refractivity contribution in [2.24, 2.45) is 0 Å². The quantitative estimate of drug-likeness (QED) is 0.779. The molecule has 0 atom stereocenters. The normalized spacial score (nSPS) is 10.1. The second-order valence-electron chi connectivity index (χ2n) is 4.77. The molecule has 0 aromatic heterocycles. The van der Waals surface area contributed by atoms with E-state index < -0.39 is 6.09 Å². The van der Waals surface area contributed by atoms with Gasteiger partial charge in [0.1, 0.15) is 6.61 Å². The highest BCUT2D eigenvalue weighted by molar-refractivity contribution is 6.34. The summed E-state index contributed by atoms with van der Waals surface area (Å²) in [7, 11) is 1.52. The van der Waals surface area contributed by atoms with Gasteiger partial charge in [0.05, 0.1) is 17.2 Å². The lowest BCUT2D eigenvalue weighted by Gasteiger charge is -2.10. The molecule has 2 amide bonds. The largest absolute Gasteiger partial charge is 0.447 e. The van der Waals surface area contributed by atoms with E-state index in [4.69, 9.17) is 21.1 Å². The van der Waals surface area contributed by atoms with Gasteiger partial charge in [0.15, 0.2) is 0 Å². The smallest absolute Gasteiger partial charge is 0.411 e. The maximum absolute atomic E-state index is 12.2. The predicted octanol–water partition coefficient (Wildman–Crippen LogP) is 3.79. The van der Waals surface area contributed by atoms with E-state index in [2.05, 4.69) is 10.6 Å². The first-order chi connectivity index (χ1) is 11.6. The lowest BCUT2D eigenvalue weighted by molar-refractivity contribution is 0.102. The van der Waals surface area contributed by atoms with Gasteiger partial charge in [0, 0.05) is 18.5 Å². The van der Waals surface area contributed by atoms with Gasteiger partial charge in [-0.05, 0) is 30.3 Å². The summed E-state index contributed by atoms with van der Waals surface area (Å²) in [6.07, 6.45) is -0.596. The maximum Gasteiger partial charge on any atom is 0.411 e. The molecule has 0 fully saturated rings. The van der Waals surface area contributed by atoms with Crippen LogP contribution in [0.4, 0.5) is 16.2 Å². The van der Waals surface area contributed by atoms with E-state index >= 15 is 0 Å². The molecule has 2 rings (SSSR count). The van der Waals surface area contributed by atoms with Crippen molar-refractivity contribution in [2.75, 3.05) is 31.0 Å². The molecule has 2 N–H and O–H groups in total. The number of carbonyl (C=O) groups excluding carboxylic acids is 2. The van der Waals surface area contributed by atoms with Crippen molar-refractivity contribution in [1.82, 2.24) is 0 Å². The summed E-state index contributed by atoms with van der Waals surface area (Å²) < 4.78 is 9.71. The monoisotopic (exact) mass is 348 g/mol. The van der Waals surface area contributed by atoms with Crippen LogP contribution in [0, 0.1) is 0 Å². The standard InChI is InChI=1S/C17H17ClN2O4/c1-23-9-10-24-17(22)20-13-6-4-5-12(11-13)19-16(21)14-7-2-3-8-15(14)18/h2-8,11H,9-10H2,1H3,(H,19,21)(H,20,22). The van der Waals surface area contributed by atoms with Crippen molar-refractivity contribution < 1.29 is 19.1 Å². The van der Waals surface area contributed by atoms with Crippen LogP contribution in [0.5, 0.6) is 0 Å². The second kappa shape index (κ2) is 8.90. The van der Waals surface area contributed by atoms with Crippen molar-refractivity contribution in [1.29, 1.82) is 0 Å². The van der Waals surface area contributed by atoms with Crippen LogP contribution in [0.25, 0.3) is 0 Å². The van der Waals surface area contributed by atoms with Crippen molar-refractivity contribution >= 4 is 35.0 Å². The van der Waals surface area contributed by atoms with Crippen molar-refractivity contribution in [3.8, 4) is 0 Å². The van der Waals surface area contributed by atoms with E-state index in [9.17, 15) is 9.59 Å². The topological polar surface area (TPSA) is 76.7 Å². The maximum atomic E-state index is 12.2. The summed E-state index contributed by atoms with van der Waals surface area (Å²) >= 11 is 6.00. The number of nitrogens with one attached hydrogen (secondary N) is 2. The summed E-state index contributed by atoms with van der Waals surface area (Å²) in [5.41, 5.74) is 1.39. The Kier molecular flexibility index (Phi) is 6.60. The van der Waals surface area contributed by atoms with E-state index in [0.717, 1.165) is 0 Å². The van der Waals surface area contributed by atoms with Crippen LogP contribution in [0.15, 0.2) is 48.5 Å². The van der Waals surface area contributed by atoms with Crippen molar-refractivity contribution in [2.45, 2.75) is 0 Å². The average Bonchev–Trinajstić information content (AvgIpc) is 2.55. The van der Waals surface area contributed by atoms with E-state index in [1.807, 2.05) is 0 Å². The zero-order chi connectivity index (χ0) is 17.4. The van der Waals surface area contributed by atoms with Crippen LogP contribution in [-0.2, 0) is 9.47 Å².